The van der Waals surface area contributed by atoms with Crippen LogP contribution >= 0.6 is 0 Å². The van der Waals surface area contributed by atoms with Crippen LogP contribution in [-0.4, -0.2) is 42.6 Å². The lowest BCUT2D eigenvalue weighted by Gasteiger charge is -2.17. The molecule has 0 spiro atoms. The van der Waals surface area contributed by atoms with Gasteiger partial charge in [0.05, 0.1) is 32.3 Å². The SMILES string of the molecule is COc1cc(C(=O)Nc2cnc(C(C)(C)C)nc2)cc(OC)c1OCC(N)=O. The highest BCUT2D eigenvalue weighted by Gasteiger charge is 2.20. The molecule has 0 bridgehead atoms. The second-order valence-electron chi connectivity index (χ2n) is 6.96. The van der Waals surface area contributed by atoms with Crippen molar-refractivity contribution in [2.75, 3.05) is 26.1 Å². The number of carbonyl (C=O) groups is 2. The van der Waals surface area contributed by atoms with Crippen LogP contribution in [0.3, 0.4) is 0 Å². The molecule has 1 aromatic carbocycles. The highest BCUT2D eigenvalue weighted by molar-refractivity contribution is 6.05. The maximum atomic E-state index is 12.6. The van der Waals surface area contributed by atoms with Gasteiger partial charge >= 0.3 is 0 Å². The summed E-state index contributed by atoms with van der Waals surface area (Å²) in [6.07, 6.45) is 3.09. The number of primary amides is 1. The first-order valence-corrected chi connectivity index (χ1v) is 8.46. The Hall–Kier alpha value is -3.36. The van der Waals surface area contributed by atoms with E-state index in [9.17, 15) is 9.59 Å². The molecule has 0 unspecified atom stereocenters. The summed E-state index contributed by atoms with van der Waals surface area (Å²) in [5.41, 5.74) is 5.63. The zero-order chi connectivity index (χ0) is 20.9. The molecular formula is C19H24N4O5. The van der Waals surface area contributed by atoms with E-state index in [2.05, 4.69) is 15.3 Å². The molecule has 0 aliphatic heterocycles. The molecule has 0 saturated carbocycles. The van der Waals surface area contributed by atoms with Gasteiger partial charge in [0, 0.05) is 11.0 Å². The van der Waals surface area contributed by atoms with Crippen LogP contribution in [0.5, 0.6) is 17.2 Å². The Labute approximate surface area is 163 Å². The average Bonchev–Trinajstić information content (AvgIpc) is 2.65. The number of hydrogen-bond acceptors (Lipinski definition) is 7. The second-order valence-corrected chi connectivity index (χ2v) is 6.96. The monoisotopic (exact) mass is 388 g/mol. The molecule has 0 fully saturated rings. The predicted octanol–water partition coefficient (Wildman–Crippen LogP) is 1.91. The summed E-state index contributed by atoms with van der Waals surface area (Å²) in [6.45, 7) is 5.65. The summed E-state index contributed by atoms with van der Waals surface area (Å²) >= 11 is 0. The molecule has 0 atom stereocenters. The number of aromatic nitrogens is 2. The van der Waals surface area contributed by atoms with Crippen molar-refractivity contribution < 1.29 is 23.8 Å². The first-order valence-electron chi connectivity index (χ1n) is 8.46. The van der Waals surface area contributed by atoms with Crippen LogP contribution in [0, 0.1) is 0 Å². The minimum absolute atomic E-state index is 0.179. The van der Waals surface area contributed by atoms with Crippen molar-refractivity contribution in [3.63, 3.8) is 0 Å². The van der Waals surface area contributed by atoms with Gasteiger partial charge in [-0.15, -0.1) is 0 Å². The largest absolute Gasteiger partial charge is 0.493 e. The summed E-state index contributed by atoms with van der Waals surface area (Å²) in [6, 6.07) is 2.94. The first kappa shape index (κ1) is 20.9. The fourth-order valence-electron chi connectivity index (χ4n) is 2.28. The number of nitrogens with two attached hydrogens (primary N) is 1. The molecule has 9 nitrogen and oxygen atoms in total. The minimum Gasteiger partial charge on any atom is -0.493 e. The number of methoxy groups -OCH3 is 2. The Balaban J connectivity index is 2.26. The molecule has 2 rings (SSSR count). The lowest BCUT2D eigenvalue weighted by Crippen LogP contribution is -2.20. The van der Waals surface area contributed by atoms with E-state index in [0.29, 0.717) is 11.5 Å². The third kappa shape index (κ3) is 5.09. The number of carbonyl (C=O) groups excluding carboxylic acids is 2. The van der Waals surface area contributed by atoms with E-state index in [1.165, 1.54) is 26.4 Å². The van der Waals surface area contributed by atoms with Crippen molar-refractivity contribution in [3.8, 4) is 17.2 Å². The number of rotatable bonds is 7. The number of benzene rings is 1. The molecule has 2 aromatic rings. The van der Waals surface area contributed by atoms with Crippen molar-refractivity contribution >= 4 is 17.5 Å². The number of hydrogen-bond donors (Lipinski definition) is 2. The summed E-state index contributed by atoms with van der Waals surface area (Å²) in [5, 5.41) is 2.72. The topological polar surface area (TPSA) is 126 Å². The van der Waals surface area contributed by atoms with Gasteiger partial charge < -0.3 is 25.3 Å². The summed E-state index contributed by atoms with van der Waals surface area (Å²) < 4.78 is 15.8. The van der Waals surface area contributed by atoms with E-state index in [-0.39, 0.29) is 34.8 Å². The summed E-state index contributed by atoms with van der Waals surface area (Å²) in [5.74, 6) is 0.243. The van der Waals surface area contributed by atoms with Crippen molar-refractivity contribution in [3.05, 3.63) is 35.9 Å². The molecule has 150 valence electrons. The third-order valence-electron chi connectivity index (χ3n) is 3.66. The first-order chi connectivity index (χ1) is 13.2. The van der Waals surface area contributed by atoms with E-state index in [4.69, 9.17) is 19.9 Å². The predicted molar refractivity (Wildman–Crippen MR) is 103 cm³/mol. The molecule has 0 aliphatic rings. The fourth-order valence-corrected chi connectivity index (χ4v) is 2.28. The molecule has 1 heterocycles. The van der Waals surface area contributed by atoms with Crippen LogP contribution in [0.1, 0.15) is 37.0 Å². The Morgan fingerprint density at radius 1 is 1.07 bits per heavy atom. The van der Waals surface area contributed by atoms with Gasteiger partial charge in [0.1, 0.15) is 5.82 Å². The Kier molecular flexibility index (Phi) is 6.40. The number of amides is 2. The Morgan fingerprint density at radius 2 is 1.61 bits per heavy atom. The van der Waals surface area contributed by atoms with Crippen molar-refractivity contribution in [1.29, 1.82) is 0 Å². The zero-order valence-electron chi connectivity index (χ0n) is 16.5. The van der Waals surface area contributed by atoms with Crippen LogP contribution in [0.2, 0.25) is 0 Å². The van der Waals surface area contributed by atoms with Gasteiger partial charge in [0.2, 0.25) is 5.75 Å². The van der Waals surface area contributed by atoms with E-state index in [1.54, 1.807) is 12.4 Å². The maximum absolute atomic E-state index is 12.6. The molecule has 0 aliphatic carbocycles. The van der Waals surface area contributed by atoms with Crippen LogP contribution in [-0.2, 0) is 10.2 Å². The van der Waals surface area contributed by atoms with Gasteiger partial charge in [-0.05, 0) is 12.1 Å². The number of anilines is 1. The van der Waals surface area contributed by atoms with E-state index in [1.807, 2.05) is 20.8 Å². The van der Waals surface area contributed by atoms with Crippen molar-refractivity contribution in [2.24, 2.45) is 5.73 Å². The van der Waals surface area contributed by atoms with E-state index >= 15 is 0 Å². The number of nitrogens with one attached hydrogen (secondary N) is 1. The van der Waals surface area contributed by atoms with Crippen molar-refractivity contribution in [2.45, 2.75) is 26.2 Å². The molecule has 0 radical (unpaired) electrons. The standard InChI is InChI=1S/C19H24N4O5/c1-19(2,3)18-21-8-12(9-22-18)23-17(25)11-6-13(26-4)16(14(7-11)27-5)28-10-15(20)24/h6-9H,10H2,1-5H3,(H2,20,24)(H,23,25). The smallest absolute Gasteiger partial charge is 0.256 e. The average molecular weight is 388 g/mol. The van der Waals surface area contributed by atoms with Gasteiger partial charge in [-0.25, -0.2) is 9.97 Å². The summed E-state index contributed by atoms with van der Waals surface area (Å²) in [7, 11) is 2.82. The molecule has 9 heteroatoms. The molecule has 1 aromatic heterocycles. The van der Waals surface area contributed by atoms with E-state index in [0.717, 1.165) is 0 Å². The molecule has 2 amide bonds. The zero-order valence-corrected chi connectivity index (χ0v) is 16.5. The second kappa shape index (κ2) is 8.55. The molecular weight excluding hydrogens is 364 g/mol. The van der Waals surface area contributed by atoms with Gasteiger partial charge in [-0.2, -0.15) is 0 Å². The molecule has 3 N–H and O–H groups in total. The van der Waals surface area contributed by atoms with Crippen LogP contribution in [0.25, 0.3) is 0 Å². The minimum atomic E-state index is -0.648. The lowest BCUT2D eigenvalue weighted by atomic mass is 9.96. The quantitative estimate of drug-likeness (QED) is 0.742. The lowest BCUT2D eigenvalue weighted by molar-refractivity contribution is -0.120. The normalized spacial score (nSPS) is 10.9. The molecule has 28 heavy (non-hydrogen) atoms. The Bertz CT molecular complexity index is 835. The van der Waals surface area contributed by atoms with Crippen LogP contribution < -0.4 is 25.3 Å². The highest BCUT2D eigenvalue weighted by atomic mass is 16.5. The van der Waals surface area contributed by atoms with Crippen LogP contribution in [0.4, 0.5) is 5.69 Å². The van der Waals surface area contributed by atoms with Crippen molar-refractivity contribution in [1.82, 2.24) is 9.97 Å². The highest BCUT2D eigenvalue weighted by Crippen LogP contribution is 2.38. The van der Waals surface area contributed by atoms with E-state index < -0.39 is 11.8 Å². The van der Waals surface area contributed by atoms with Gasteiger partial charge in [0.15, 0.2) is 18.1 Å². The van der Waals surface area contributed by atoms with Crippen LogP contribution in [0.15, 0.2) is 24.5 Å². The molecule has 0 saturated heterocycles. The maximum Gasteiger partial charge on any atom is 0.256 e. The number of nitrogens with zero attached hydrogens (tertiary/aromatic N) is 2. The Morgan fingerprint density at radius 3 is 2.04 bits per heavy atom. The van der Waals surface area contributed by atoms with Gasteiger partial charge in [0.25, 0.3) is 11.8 Å². The fraction of sp³-hybridized carbons (Fsp3) is 0.368. The summed E-state index contributed by atoms with van der Waals surface area (Å²) in [4.78, 5) is 32.2. The number of ether oxygens (including phenoxy) is 3. The third-order valence-corrected chi connectivity index (χ3v) is 3.66. The van der Waals surface area contributed by atoms with Gasteiger partial charge in [-0.1, -0.05) is 20.8 Å². The van der Waals surface area contributed by atoms with Gasteiger partial charge in [-0.3, -0.25) is 9.59 Å².